The predicted molar refractivity (Wildman–Crippen MR) is 53.1 cm³/mol. The zero-order chi connectivity index (χ0) is 10.1. The number of nitrogens with one attached hydrogen (secondary N) is 1. The molecule has 1 amide bonds. The minimum absolute atomic E-state index is 0.0948. The monoisotopic (exact) mass is 198 g/mol. The lowest BCUT2D eigenvalue weighted by Crippen LogP contribution is -2.39. The van der Waals surface area contributed by atoms with Gasteiger partial charge in [-0.05, 0) is 12.8 Å². The Kier molecular flexibility index (Phi) is 2.63. The summed E-state index contributed by atoms with van der Waals surface area (Å²) >= 11 is 0. The molecule has 2 aliphatic rings. The van der Waals surface area contributed by atoms with Crippen molar-refractivity contribution in [2.75, 3.05) is 14.1 Å². The van der Waals surface area contributed by atoms with E-state index in [0.29, 0.717) is 12.1 Å². The van der Waals surface area contributed by atoms with Gasteiger partial charge in [-0.3, -0.25) is 0 Å². The lowest BCUT2D eigenvalue weighted by molar-refractivity contribution is 0.0676. The minimum atomic E-state index is -0.218. The highest BCUT2D eigenvalue weighted by Crippen LogP contribution is 2.29. The van der Waals surface area contributed by atoms with Gasteiger partial charge in [0.25, 0.3) is 0 Å². The fourth-order valence-corrected chi connectivity index (χ4v) is 2.34. The fourth-order valence-electron chi connectivity index (χ4n) is 2.34. The predicted octanol–water partition coefficient (Wildman–Crippen LogP) is 0.968. The maximum absolute atomic E-state index is 11.4. The average molecular weight is 198 g/mol. The van der Waals surface area contributed by atoms with Crippen molar-refractivity contribution in [1.82, 2.24) is 10.2 Å². The fraction of sp³-hybridized carbons (Fsp3) is 0.900. The van der Waals surface area contributed by atoms with Crippen LogP contribution in [0.2, 0.25) is 0 Å². The van der Waals surface area contributed by atoms with E-state index in [1.807, 2.05) is 0 Å². The van der Waals surface area contributed by atoms with Gasteiger partial charge in [-0.2, -0.15) is 0 Å². The Bertz CT molecular complexity index is 230. The lowest BCUT2D eigenvalue weighted by Gasteiger charge is -2.23. The molecule has 2 heterocycles. The Hall–Kier alpha value is -0.770. The topological polar surface area (TPSA) is 41.6 Å². The molecule has 0 spiro atoms. The molecular formula is C10H18N2O2. The Labute approximate surface area is 84.6 Å². The van der Waals surface area contributed by atoms with Gasteiger partial charge in [-0.1, -0.05) is 6.42 Å². The van der Waals surface area contributed by atoms with E-state index in [2.05, 4.69) is 5.32 Å². The van der Waals surface area contributed by atoms with Crippen molar-refractivity contribution in [3.05, 3.63) is 0 Å². The van der Waals surface area contributed by atoms with Crippen molar-refractivity contribution in [1.29, 1.82) is 0 Å². The Morgan fingerprint density at radius 1 is 1.43 bits per heavy atom. The molecule has 14 heavy (non-hydrogen) atoms. The normalized spacial score (nSPS) is 35.4. The summed E-state index contributed by atoms with van der Waals surface area (Å²) in [4.78, 5) is 12.9. The van der Waals surface area contributed by atoms with E-state index < -0.39 is 0 Å². The average Bonchev–Trinajstić information content (AvgIpc) is 2.41. The van der Waals surface area contributed by atoms with Crippen LogP contribution in [0.15, 0.2) is 0 Å². The molecule has 2 rings (SSSR count). The van der Waals surface area contributed by atoms with E-state index in [1.165, 1.54) is 17.7 Å². The van der Waals surface area contributed by atoms with Gasteiger partial charge in [0, 0.05) is 32.6 Å². The third kappa shape index (κ3) is 1.85. The van der Waals surface area contributed by atoms with Crippen LogP contribution in [0.5, 0.6) is 0 Å². The van der Waals surface area contributed by atoms with Gasteiger partial charge in [0.2, 0.25) is 0 Å². The lowest BCUT2D eigenvalue weighted by atomic mass is 10.1. The van der Waals surface area contributed by atoms with E-state index in [0.717, 1.165) is 12.8 Å². The summed E-state index contributed by atoms with van der Waals surface area (Å²) in [7, 11) is 3.44. The molecule has 0 aromatic carbocycles. The van der Waals surface area contributed by atoms with Crippen LogP contribution in [0.3, 0.4) is 0 Å². The summed E-state index contributed by atoms with van der Waals surface area (Å²) in [5, 5.41) is 3.49. The molecule has 2 saturated heterocycles. The van der Waals surface area contributed by atoms with Crippen LogP contribution in [-0.4, -0.2) is 43.3 Å². The van der Waals surface area contributed by atoms with E-state index in [9.17, 15) is 4.79 Å². The molecule has 0 aromatic rings. The number of carbonyl (C=O) groups is 1. The smallest absolute Gasteiger partial charge is 0.409 e. The van der Waals surface area contributed by atoms with Gasteiger partial charge in [0.05, 0.1) is 0 Å². The first-order valence-corrected chi connectivity index (χ1v) is 5.31. The number of ether oxygens (including phenoxy) is 1. The van der Waals surface area contributed by atoms with Crippen LogP contribution in [0, 0.1) is 0 Å². The molecule has 80 valence electrons. The molecule has 3 unspecified atom stereocenters. The van der Waals surface area contributed by atoms with Gasteiger partial charge in [0.1, 0.15) is 6.10 Å². The van der Waals surface area contributed by atoms with Crippen LogP contribution in [0.1, 0.15) is 25.7 Å². The van der Waals surface area contributed by atoms with E-state index >= 15 is 0 Å². The molecule has 1 N–H and O–H groups in total. The molecule has 4 heteroatoms. The maximum Gasteiger partial charge on any atom is 0.409 e. The largest absolute Gasteiger partial charge is 0.444 e. The van der Waals surface area contributed by atoms with Crippen LogP contribution in [0.25, 0.3) is 0 Å². The minimum Gasteiger partial charge on any atom is -0.444 e. The first kappa shape index (κ1) is 9.77. The number of rotatable bonds is 1. The van der Waals surface area contributed by atoms with Crippen molar-refractivity contribution in [2.24, 2.45) is 0 Å². The van der Waals surface area contributed by atoms with Crippen LogP contribution in [0.4, 0.5) is 4.79 Å². The quantitative estimate of drug-likeness (QED) is 0.682. The number of hydrogen-bond donors (Lipinski definition) is 1. The molecule has 2 aliphatic heterocycles. The number of piperidine rings is 1. The first-order chi connectivity index (χ1) is 6.66. The van der Waals surface area contributed by atoms with E-state index in [4.69, 9.17) is 4.74 Å². The third-order valence-electron chi connectivity index (χ3n) is 3.10. The standard InChI is InChI=1S/C10H18N2O2/c1-12(2)10(13)14-9-6-7-4-3-5-8(9)11-7/h7-9,11H,3-6H2,1-2H3. The highest BCUT2D eigenvalue weighted by Gasteiger charge is 2.38. The second kappa shape index (κ2) is 3.77. The molecule has 2 fully saturated rings. The number of carbonyl (C=O) groups excluding carboxylic acids is 1. The van der Waals surface area contributed by atoms with Crippen molar-refractivity contribution in [3.63, 3.8) is 0 Å². The Balaban J connectivity index is 1.90. The summed E-state index contributed by atoms with van der Waals surface area (Å²) in [6.07, 6.45) is 4.50. The van der Waals surface area contributed by atoms with Gasteiger partial charge >= 0.3 is 6.09 Å². The zero-order valence-electron chi connectivity index (χ0n) is 8.82. The highest BCUT2D eigenvalue weighted by atomic mass is 16.6. The molecule has 3 atom stereocenters. The molecule has 0 aromatic heterocycles. The first-order valence-electron chi connectivity index (χ1n) is 5.31. The maximum atomic E-state index is 11.4. The molecule has 0 radical (unpaired) electrons. The second-order valence-corrected chi connectivity index (χ2v) is 4.45. The van der Waals surface area contributed by atoms with Gasteiger partial charge < -0.3 is 15.0 Å². The van der Waals surface area contributed by atoms with Crippen molar-refractivity contribution < 1.29 is 9.53 Å². The molecule has 4 nitrogen and oxygen atoms in total. The van der Waals surface area contributed by atoms with Crippen molar-refractivity contribution >= 4 is 6.09 Å². The molecule has 0 saturated carbocycles. The van der Waals surface area contributed by atoms with Crippen LogP contribution < -0.4 is 5.32 Å². The molecule has 2 bridgehead atoms. The zero-order valence-corrected chi connectivity index (χ0v) is 8.82. The van der Waals surface area contributed by atoms with E-state index in [-0.39, 0.29) is 12.2 Å². The van der Waals surface area contributed by atoms with Gasteiger partial charge in [-0.15, -0.1) is 0 Å². The van der Waals surface area contributed by atoms with E-state index in [1.54, 1.807) is 14.1 Å². The number of hydrogen-bond acceptors (Lipinski definition) is 3. The Morgan fingerprint density at radius 2 is 2.21 bits per heavy atom. The number of nitrogens with zero attached hydrogens (tertiary/aromatic N) is 1. The summed E-state index contributed by atoms with van der Waals surface area (Å²) in [5.74, 6) is 0. The number of amides is 1. The molecule has 0 aliphatic carbocycles. The molecular weight excluding hydrogens is 180 g/mol. The van der Waals surface area contributed by atoms with Gasteiger partial charge in [0.15, 0.2) is 0 Å². The van der Waals surface area contributed by atoms with Crippen LogP contribution >= 0.6 is 0 Å². The third-order valence-corrected chi connectivity index (χ3v) is 3.10. The van der Waals surface area contributed by atoms with Crippen LogP contribution in [-0.2, 0) is 4.74 Å². The van der Waals surface area contributed by atoms with Crippen molar-refractivity contribution in [2.45, 2.75) is 43.9 Å². The summed E-state index contributed by atoms with van der Waals surface area (Å²) in [5.41, 5.74) is 0. The number of fused-ring (bicyclic) bond motifs is 2. The SMILES string of the molecule is CN(C)C(=O)OC1CC2CCCC1N2. The van der Waals surface area contributed by atoms with Crippen molar-refractivity contribution in [3.8, 4) is 0 Å². The Morgan fingerprint density at radius 3 is 2.86 bits per heavy atom. The van der Waals surface area contributed by atoms with Gasteiger partial charge in [-0.25, -0.2) is 4.79 Å². The summed E-state index contributed by atoms with van der Waals surface area (Å²) < 4.78 is 5.41. The summed E-state index contributed by atoms with van der Waals surface area (Å²) in [6, 6.07) is 0.978. The summed E-state index contributed by atoms with van der Waals surface area (Å²) in [6.45, 7) is 0. The second-order valence-electron chi connectivity index (χ2n) is 4.45. The highest BCUT2D eigenvalue weighted by molar-refractivity contribution is 5.67.